The summed E-state index contributed by atoms with van der Waals surface area (Å²) in [6, 6.07) is 27.5. The first-order chi connectivity index (χ1) is 12.8. The van der Waals surface area contributed by atoms with E-state index in [-0.39, 0.29) is 4.87 Å². The van der Waals surface area contributed by atoms with Gasteiger partial charge >= 0.3 is 4.87 Å². The van der Waals surface area contributed by atoms with Gasteiger partial charge in [0.05, 0.1) is 22.6 Å². The van der Waals surface area contributed by atoms with Crippen LogP contribution in [0.3, 0.4) is 0 Å². The molecule has 4 rings (SSSR count). The fourth-order valence-corrected chi connectivity index (χ4v) is 2.91. The van der Waals surface area contributed by atoms with Crippen molar-refractivity contribution in [1.82, 2.24) is 4.98 Å². The molecule has 0 fully saturated rings. The molecule has 4 aromatic rings. The highest BCUT2D eigenvalue weighted by molar-refractivity contribution is 7.16. The van der Waals surface area contributed by atoms with Gasteiger partial charge in [-0.05, 0) is 23.3 Å². The second-order valence-electron chi connectivity index (χ2n) is 5.32. The summed E-state index contributed by atoms with van der Waals surface area (Å²) in [5.41, 5.74) is 3.03. The molecule has 5 heteroatoms. The molecule has 0 radical (unpaired) electrons. The second-order valence-corrected chi connectivity index (χ2v) is 6.34. The lowest BCUT2D eigenvalue weighted by Crippen LogP contribution is -1.89. The molecular weight excluding hydrogens is 342 g/mol. The number of aromatic nitrogens is 1. The molecular formula is C21H17N3OS. The standard InChI is InChI=1S/C14H12N2.C7H5NOS/c1-3-7-13(8-4-1)11-15-16-12-14-9-5-2-6-10-14;9-7-8-5-3-1-2-4-6(5)10-7/h1-12H;1-4H,(H,8,9)/b15-11+,16-12+;. The molecule has 1 aromatic heterocycles. The van der Waals surface area contributed by atoms with Gasteiger partial charge in [-0.2, -0.15) is 10.2 Å². The quantitative estimate of drug-likeness (QED) is 0.417. The lowest BCUT2D eigenvalue weighted by molar-refractivity contribution is 1.26. The van der Waals surface area contributed by atoms with Gasteiger partial charge in [-0.3, -0.25) is 4.79 Å². The SMILES string of the molecule is C(=N\N=C\c1ccccc1)/c1ccccc1.O=c1[nH]c2ccccc2s1. The van der Waals surface area contributed by atoms with E-state index in [1.807, 2.05) is 84.9 Å². The highest BCUT2D eigenvalue weighted by Gasteiger charge is 1.93. The van der Waals surface area contributed by atoms with Crippen molar-refractivity contribution in [1.29, 1.82) is 0 Å². The lowest BCUT2D eigenvalue weighted by Gasteiger charge is -1.89. The predicted molar refractivity (Wildman–Crippen MR) is 111 cm³/mol. The van der Waals surface area contributed by atoms with Gasteiger partial charge in [-0.25, -0.2) is 0 Å². The summed E-state index contributed by atoms with van der Waals surface area (Å²) in [5.74, 6) is 0. The van der Waals surface area contributed by atoms with Crippen LogP contribution in [0.5, 0.6) is 0 Å². The highest BCUT2D eigenvalue weighted by atomic mass is 32.1. The monoisotopic (exact) mass is 359 g/mol. The lowest BCUT2D eigenvalue weighted by atomic mass is 10.2. The van der Waals surface area contributed by atoms with E-state index < -0.39 is 0 Å². The van der Waals surface area contributed by atoms with Crippen molar-refractivity contribution in [3.63, 3.8) is 0 Å². The van der Waals surface area contributed by atoms with Crippen LogP contribution in [-0.4, -0.2) is 17.4 Å². The van der Waals surface area contributed by atoms with Crippen molar-refractivity contribution in [2.24, 2.45) is 10.2 Å². The number of aromatic amines is 1. The molecule has 3 aromatic carbocycles. The third-order valence-electron chi connectivity index (χ3n) is 3.41. The molecule has 0 atom stereocenters. The molecule has 0 aliphatic carbocycles. The van der Waals surface area contributed by atoms with E-state index in [0.717, 1.165) is 21.3 Å². The minimum atomic E-state index is 0.0150. The summed E-state index contributed by atoms with van der Waals surface area (Å²) in [6.45, 7) is 0. The molecule has 1 heterocycles. The first-order valence-electron chi connectivity index (χ1n) is 8.05. The average Bonchev–Trinajstić information content (AvgIpc) is 3.07. The number of H-pyrrole nitrogens is 1. The van der Waals surface area contributed by atoms with Gasteiger partial charge in [0.2, 0.25) is 0 Å². The summed E-state index contributed by atoms with van der Waals surface area (Å²) in [4.78, 5) is 13.5. The minimum Gasteiger partial charge on any atom is -0.312 e. The van der Waals surface area contributed by atoms with E-state index in [9.17, 15) is 4.79 Å². The zero-order valence-corrected chi connectivity index (χ0v) is 14.8. The number of rotatable bonds is 3. The fraction of sp³-hybridized carbons (Fsp3) is 0. The van der Waals surface area contributed by atoms with Crippen molar-refractivity contribution < 1.29 is 0 Å². The Morgan fingerprint density at radius 2 is 1.19 bits per heavy atom. The molecule has 0 bridgehead atoms. The smallest absolute Gasteiger partial charge is 0.305 e. The minimum absolute atomic E-state index is 0.0150. The van der Waals surface area contributed by atoms with E-state index in [4.69, 9.17) is 0 Å². The Labute approximate surface area is 155 Å². The number of thiazole rings is 1. The molecule has 0 unspecified atom stereocenters. The largest absolute Gasteiger partial charge is 0.312 e. The Hall–Kier alpha value is -3.31. The second kappa shape index (κ2) is 9.25. The van der Waals surface area contributed by atoms with E-state index in [2.05, 4.69) is 15.2 Å². The third kappa shape index (κ3) is 5.36. The van der Waals surface area contributed by atoms with Crippen molar-refractivity contribution in [2.75, 3.05) is 0 Å². The molecule has 0 saturated heterocycles. The van der Waals surface area contributed by atoms with Crippen LogP contribution in [0, 0.1) is 0 Å². The zero-order chi connectivity index (χ0) is 18.0. The number of nitrogens with zero attached hydrogens (tertiary/aromatic N) is 2. The summed E-state index contributed by atoms with van der Waals surface area (Å²) in [7, 11) is 0. The van der Waals surface area contributed by atoms with Crippen molar-refractivity contribution >= 4 is 34.0 Å². The first-order valence-corrected chi connectivity index (χ1v) is 8.87. The number of hydrogen-bond acceptors (Lipinski definition) is 4. The van der Waals surface area contributed by atoms with Crippen LogP contribution in [0.2, 0.25) is 0 Å². The van der Waals surface area contributed by atoms with Crippen LogP contribution in [0.4, 0.5) is 0 Å². The molecule has 0 aliphatic heterocycles. The van der Waals surface area contributed by atoms with E-state index in [1.165, 1.54) is 11.3 Å². The average molecular weight is 359 g/mol. The number of benzene rings is 3. The normalized spacial score (nSPS) is 10.9. The molecule has 0 spiro atoms. The third-order valence-corrected chi connectivity index (χ3v) is 4.27. The van der Waals surface area contributed by atoms with Crippen LogP contribution in [-0.2, 0) is 0 Å². The van der Waals surface area contributed by atoms with Crippen LogP contribution < -0.4 is 4.87 Å². The Morgan fingerprint density at radius 1 is 0.692 bits per heavy atom. The maximum Gasteiger partial charge on any atom is 0.305 e. The Morgan fingerprint density at radius 3 is 1.73 bits per heavy atom. The maximum absolute atomic E-state index is 10.8. The van der Waals surface area contributed by atoms with Gasteiger partial charge in [-0.1, -0.05) is 84.1 Å². The Bertz CT molecular complexity index is 967. The van der Waals surface area contributed by atoms with Crippen LogP contribution in [0.15, 0.2) is 99.9 Å². The molecule has 0 amide bonds. The van der Waals surface area contributed by atoms with Gasteiger partial charge < -0.3 is 4.98 Å². The molecule has 128 valence electrons. The molecule has 4 nitrogen and oxygen atoms in total. The highest BCUT2D eigenvalue weighted by Crippen LogP contribution is 2.11. The maximum atomic E-state index is 10.8. The zero-order valence-electron chi connectivity index (χ0n) is 13.9. The topological polar surface area (TPSA) is 57.6 Å². The van der Waals surface area contributed by atoms with Gasteiger partial charge in [0.25, 0.3) is 0 Å². The molecule has 1 N–H and O–H groups in total. The predicted octanol–water partition coefficient (Wildman–Crippen LogP) is 4.73. The van der Waals surface area contributed by atoms with Crippen LogP contribution in [0.1, 0.15) is 11.1 Å². The van der Waals surface area contributed by atoms with E-state index in [1.54, 1.807) is 12.4 Å². The van der Waals surface area contributed by atoms with Crippen molar-refractivity contribution in [3.05, 3.63) is 106 Å². The first kappa shape index (κ1) is 17.5. The van der Waals surface area contributed by atoms with E-state index >= 15 is 0 Å². The van der Waals surface area contributed by atoms with Gasteiger partial charge in [0, 0.05) is 0 Å². The summed E-state index contributed by atoms with van der Waals surface area (Å²) in [6.07, 6.45) is 3.47. The summed E-state index contributed by atoms with van der Waals surface area (Å²) < 4.78 is 1.02. The number of hydrogen-bond donors (Lipinski definition) is 1. The van der Waals surface area contributed by atoms with E-state index in [0.29, 0.717) is 0 Å². The fourth-order valence-electron chi connectivity index (χ4n) is 2.17. The molecule has 0 saturated carbocycles. The Kier molecular flexibility index (Phi) is 6.23. The van der Waals surface area contributed by atoms with Crippen LogP contribution >= 0.6 is 11.3 Å². The summed E-state index contributed by atoms with van der Waals surface area (Å²) >= 11 is 1.24. The molecule has 26 heavy (non-hydrogen) atoms. The molecule has 0 aliphatic rings. The van der Waals surface area contributed by atoms with Crippen LogP contribution in [0.25, 0.3) is 10.2 Å². The van der Waals surface area contributed by atoms with Gasteiger partial charge in [0.1, 0.15) is 0 Å². The van der Waals surface area contributed by atoms with Gasteiger partial charge in [-0.15, -0.1) is 0 Å². The summed E-state index contributed by atoms with van der Waals surface area (Å²) in [5, 5.41) is 7.96. The number of para-hydroxylation sites is 1. The number of nitrogens with one attached hydrogen (secondary N) is 1. The van der Waals surface area contributed by atoms with Crippen molar-refractivity contribution in [3.8, 4) is 0 Å². The Balaban J connectivity index is 0.000000167. The van der Waals surface area contributed by atoms with Crippen molar-refractivity contribution in [2.45, 2.75) is 0 Å². The van der Waals surface area contributed by atoms with Gasteiger partial charge in [0.15, 0.2) is 0 Å². The number of fused-ring (bicyclic) bond motifs is 1.